The van der Waals surface area contributed by atoms with E-state index < -0.39 is 0 Å². The fourth-order valence-electron chi connectivity index (χ4n) is 1.61. The molecule has 0 saturated carbocycles. The summed E-state index contributed by atoms with van der Waals surface area (Å²) in [6, 6.07) is 3.47. The number of pyridine rings is 1. The van der Waals surface area contributed by atoms with Gasteiger partial charge in [0.15, 0.2) is 0 Å². The van der Waals surface area contributed by atoms with Gasteiger partial charge < -0.3 is 10.6 Å². The molecular weight excluding hydrogens is 350 g/mol. The quantitative estimate of drug-likeness (QED) is 0.853. The summed E-state index contributed by atoms with van der Waals surface area (Å²) in [6.45, 7) is 0.514. The SMILES string of the molecule is CN(Cc1csc(Br)c1)C(=O)c1cc(Cl)ncc1N. The second-order valence-corrected chi connectivity index (χ2v) is 6.69. The lowest BCUT2D eigenvalue weighted by molar-refractivity contribution is 0.0786. The third-order valence-corrected chi connectivity index (χ3v) is 4.28. The average molecular weight is 361 g/mol. The molecule has 0 aliphatic heterocycles. The van der Waals surface area contributed by atoms with Crippen molar-refractivity contribution in [2.75, 3.05) is 12.8 Å². The number of amides is 1. The predicted molar refractivity (Wildman–Crippen MR) is 81.5 cm³/mol. The lowest BCUT2D eigenvalue weighted by atomic mass is 10.2. The summed E-state index contributed by atoms with van der Waals surface area (Å²) in [5.41, 5.74) is 7.51. The summed E-state index contributed by atoms with van der Waals surface area (Å²) in [4.78, 5) is 17.7. The topological polar surface area (TPSA) is 59.2 Å². The van der Waals surface area contributed by atoms with Crippen LogP contribution in [-0.2, 0) is 6.54 Å². The van der Waals surface area contributed by atoms with Gasteiger partial charge in [-0.1, -0.05) is 11.6 Å². The van der Waals surface area contributed by atoms with Gasteiger partial charge in [0.25, 0.3) is 5.91 Å². The van der Waals surface area contributed by atoms with E-state index in [1.807, 2.05) is 11.4 Å². The van der Waals surface area contributed by atoms with E-state index in [0.717, 1.165) is 9.35 Å². The molecule has 2 aromatic rings. The van der Waals surface area contributed by atoms with Crippen molar-refractivity contribution in [2.45, 2.75) is 6.54 Å². The molecule has 1 amide bonds. The molecule has 2 N–H and O–H groups in total. The fourth-order valence-corrected chi connectivity index (χ4v) is 2.96. The van der Waals surface area contributed by atoms with Gasteiger partial charge in [0.2, 0.25) is 0 Å². The van der Waals surface area contributed by atoms with Crippen molar-refractivity contribution in [3.05, 3.63) is 43.8 Å². The average Bonchev–Trinajstić information content (AvgIpc) is 2.77. The van der Waals surface area contributed by atoms with Crippen molar-refractivity contribution in [1.29, 1.82) is 0 Å². The number of carbonyl (C=O) groups is 1. The minimum Gasteiger partial charge on any atom is -0.397 e. The maximum absolute atomic E-state index is 12.3. The summed E-state index contributed by atoms with van der Waals surface area (Å²) in [5.74, 6) is -0.177. The minimum atomic E-state index is -0.177. The Hall–Kier alpha value is -1.11. The highest BCUT2D eigenvalue weighted by Crippen LogP contribution is 2.23. The first-order chi connectivity index (χ1) is 8.97. The molecule has 0 atom stereocenters. The lowest BCUT2D eigenvalue weighted by Crippen LogP contribution is -2.26. The van der Waals surface area contributed by atoms with Crippen molar-refractivity contribution >= 4 is 50.5 Å². The van der Waals surface area contributed by atoms with Crippen molar-refractivity contribution in [3.63, 3.8) is 0 Å². The number of aromatic nitrogens is 1. The van der Waals surface area contributed by atoms with Crippen LogP contribution in [0.3, 0.4) is 0 Å². The maximum Gasteiger partial charge on any atom is 0.256 e. The summed E-state index contributed by atoms with van der Waals surface area (Å²) in [7, 11) is 1.72. The number of anilines is 1. The van der Waals surface area contributed by atoms with Gasteiger partial charge in [-0.3, -0.25) is 4.79 Å². The van der Waals surface area contributed by atoms with Crippen LogP contribution < -0.4 is 5.73 Å². The summed E-state index contributed by atoms with van der Waals surface area (Å²) < 4.78 is 1.04. The van der Waals surface area contributed by atoms with Gasteiger partial charge in [0, 0.05) is 13.6 Å². The van der Waals surface area contributed by atoms with Crippen LogP contribution in [-0.4, -0.2) is 22.8 Å². The highest BCUT2D eigenvalue weighted by molar-refractivity contribution is 9.11. The Morgan fingerprint density at radius 3 is 2.95 bits per heavy atom. The second-order valence-electron chi connectivity index (χ2n) is 4.01. The number of hydrogen-bond donors (Lipinski definition) is 1. The Balaban J connectivity index is 2.16. The number of rotatable bonds is 3. The van der Waals surface area contributed by atoms with E-state index in [1.54, 1.807) is 23.3 Å². The first-order valence-corrected chi connectivity index (χ1v) is 7.42. The molecule has 0 saturated heterocycles. The van der Waals surface area contributed by atoms with Crippen molar-refractivity contribution in [3.8, 4) is 0 Å². The zero-order chi connectivity index (χ0) is 14.0. The first kappa shape index (κ1) is 14.3. The third kappa shape index (κ3) is 3.46. The van der Waals surface area contributed by atoms with E-state index >= 15 is 0 Å². The summed E-state index contributed by atoms with van der Waals surface area (Å²) >= 11 is 10.8. The third-order valence-electron chi connectivity index (χ3n) is 2.52. The standard InChI is InChI=1S/C12H11BrClN3OS/c1-17(5-7-2-10(13)19-6-7)12(18)8-3-11(14)16-4-9(8)15/h2-4,6H,5,15H2,1H3. The maximum atomic E-state index is 12.3. The van der Waals surface area contributed by atoms with Crippen molar-refractivity contribution in [1.82, 2.24) is 9.88 Å². The van der Waals surface area contributed by atoms with Gasteiger partial charge in [0.05, 0.1) is 21.2 Å². The van der Waals surface area contributed by atoms with Crippen LogP contribution in [0.15, 0.2) is 27.5 Å². The molecule has 4 nitrogen and oxygen atoms in total. The van der Waals surface area contributed by atoms with Crippen LogP contribution in [0, 0.1) is 0 Å². The van der Waals surface area contributed by atoms with E-state index in [9.17, 15) is 4.79 Å². The van der Waals surface area contributed by atoms with Gasteiger partial charge >= 0.3 is 0 Å². The van der Waals surface area contributed by atoms with E-state index in [0.29, 0.717) is 17.8 Å². The molecule has 100 valence electrons. The van der Waals surface area contributed by atoms with Crippen LogP contribution in [0.5, 0.6) is 0 Å². The molecule has 0 aliphatic carbocycles. The van der Waals surface area contributed by atoms with Crippen LogP contribution in [0.1, 0.15) is 15.9 Å². The monoisotopic (exact) mass is 359 g/mol. The van der Waals surface area contributed by atoms with E-state index in [2.05, 4.69) is 20.9 Å². The zero-order valence-electron chi connectivity index (χ0n) is 10.1. The molecule has 0 unspecified atom stereocenters. The Morgan fingerprint density at radius 2 is 2.32 bits per heavy atom. The number of nitrogens with zero attached hydrogens (tertiary/aromatic N) is 2. The zero-order valence-corrected chi connectivity index (χ0v) is 13.2. The number of nitrogens with two attached hydrogens (primary N) is 1. The fraction of sp³-hybridized carbons (Fsp3) is 0.167. The molecule has 7 heteroatoms. The van der Waals surface area contributed by atoms with Crippen LogP contribution in [0.2, 0.25) is 5.15 Å². The van der Waals surface area contributed by atoms with Gasteiger partial charge in [-0.2, -0.15) is 0 Å². The highest BCUT2D eigenvalue weighted by atomic mass is 79.9. The molecule has 2 heterocycles. The van der Waals surface area contributed by atoms with E-state index in [-0.39, 0.29) is 11.1 Å². The van der Waals surface area contributed by atoms with Crippen molar-refractivity contribution < 1.29 is 4.79 Å². The van der Waals surface area contributed by atoms with E-state index in [4.69, 9.17) is 17.3 Å². The Labute approximate surface area is 128 Å². The molecule has 2 aromatic heterocycles. The molecule has 0 spiro atoms. The normalized spacial score (nSPS) is 10.5. The number of thiophene rings is 1. The molecule has 0 fully saturated rings. The molecule has 0 radical (unpaired) electrons. The number of nitrogen functional groups attached to an aromatic ring is 1. The number of carbonyl (C=O) groups excluding carboxylic acids is 1. The van der Waals surface area contributed by atoms with E-state index in [1.165, 1.54) is 12.3 Å². The van der Waals surface area contributed by atoms with Crippen LogP contribution >= 0.6 is 38.9 Å². The second kappa shape index (κ2) is 5.90. The highest BCUT2D eigenvalue weighted by Gasteiger charge is 2.16. The number of halogens is 2. The molecule has 19 heavy (non-hydrogen) atoms. The minimum absolute atomic E-state index is 0.177. The van der Waals surface area contributed by atoms with Gasteiger partial charge in [-0.05, 0) is 39.0 Å². The largest absolute Gasteiger partial charge is 0.397 e. The molecule has 0 bridgehead atoms. The van der Waals surface area contributed by atoms with Gasteiger partial charge in [0.1, 0.15) is 5.15 Å². The Morgan fingerprint density at radius 1 is 1.58 bits per heavy atom. The van der Waals surface area contributed by atoms with Crippen LogP contribution in [0.25, 0.3) is 0 Å². The molecule has 0 aromatic carbocycles. The van der Waals surface area contributed by atoms with Gasteiger partial charge in [-0.15, -0.1) is 11.3 Å². The first-order valence-electron chi connectivity index (χ1n) is 5.37. The van der Waals surface area contributed by atoms with Crippen molar-refractivity contribution in [2.24, 2.45) is 0 Å². The summed E-state index contributed by atoms with van der Waals surface area (Å²) in [6.07, 6.45) is 1.39. The number of hydrogen-bond acceptors (Lipinski definition) is 4. The van der Waals surface area contributed by atoms with Crippen LogP contribution in [0.4, 0.5) is 5.69 Å². The Kier molecular flexibility index (Phi) is 4.44. The predicted octanol–water partition coefficient (Wildman–Crippen LogP) is 3.41. The van der Waals surface area contributed by atoms with Gasteiger partial charge in [-0.25, -0.2) is 4.98 Å². The lowest BCUT2D eigenvalue weighted by Gasteiger charge is -2.17. The molecule has 0 aliphatic rings. The Bertz CT molecular complexity index is 617. The smallest absolute Gasteiger partial charge is 0.256 e. The molecular formula is C12H11BrClN3OS. The molecule has 2 rings (SSSR count). The summed E-state index contributed by atoms with van der Waals surface area (Å²) in [5, 5.41) is 2.25.